The highest BCUT2D eigenvalue weighted by Crippen LogP contribution is 2.42. The molecule has 180 valence electrons. The highest BCUT2D eigenvalue weighted by molar-refractivity contribution is 6.05. The molecule has 0 saturated carbocycles. The van der Waals surface area contributed by atoms with Crippen LogP contribution in [0.3, 0.4) is 0 Å². The van der Waals surface area contributed by atoms with Crippen LogP contribution in [0.15, 0.2) is 115 Å². The van der Waals surface area contributed by atoms with Gasteiger partial charge in [-0.3, -0.25) is 9.80 Å². The normalized spacial score (nSPS) is 16.5. The summed E-state index contributed by atoms with van der Waals surface area (Å²) in [5.74, 6) is 0. The Morgan fingerprint density at radius 3 is 1.89 bits per heavy atom. The molecule has 36 heavy (non-hydrogen) atoms. The average molecular weight is 477 g/mol. The number of fused-ring (bicyclic) bond motifs is 1. The topological polar surface area (TPSA) is 64.7 Å². The molecule has 5 rings (SSSR count). The fraction of sp³-hybridized carbons (Fsp3) is 0.133. The van der Waals surface area contributed by atoms with Crippen molar-refractivity contribution >= 4 is 34.8 Å². The summed E-state index contributed by atoms with van der Waals surface area (Å²) in [6.45, 7) is 2.02. The summed E-state index contributed by atoms with van der Waals surface area (Å²) in [6.07, 6.45) is 0.580. The minimum atomic E-state index is -0.261. The molecule has 0 radical (unpaired) electrons. The quantitative estimate of drug-likeness (QED) is 0.325. The van der Waals surface area contributed by atoms with Crippen molar-refractivity contribution < 1.29 is 9.59 Å². The van der Waals surface area contributed by atoms with Crippen molar-refractivity contribution in [2.45, 2.75) is 25.4 Å². The molecule has 0 fully saturated rings. The number of amides is 4. The number of rotatable bonds is 4. The van der Waals surface area contributed by atoms with E-state index in [0.29, 0.717) is 6.42 Å². The van der Waals surface area contributed by atoms with Gasteiger partial charge >= 0.3 is 12.1 Å². The minimum Gasteiger partial charge on any atom is -0.308 e. The third-order valence-electron chi connectivity index (χ3n) is 6.39. The van der Waals surface area contributed by atoms with Crippen LogP contribution in [0.1, 0.15) is 24.9 Å². The molecule has 0 aromatic heterocycles. The van der Waals surface area contributed by atoms with Gasteiger partial charge in [-0.2, -0.15) is 0 Å². The smallest absolute Gasteiger partial charge is 0.308 e. The van der Waals surface area contributed by atoms with Gasteiger partial charge < -0.3 is 10.6 Å². The molecule has 4 aromatic rings. The van der Waals surface area contributed by atoms with E-state index in [0.717, 1.165) is 28.3 Å². The van der Waals surface area contributed by atoms with Crippen molar-refractivity contribution in [2.75, 3.05) is 20.4 Å². The molecule has 4 amide bonds. The first kappa shape index (κ1) is 23.2. The minimum absolute atomic E-state index is 0.149. The Balaban J connectivity index is 1.51. The molecule has 4 aromatic carbocycles. The van der Waals surface area contributed by atoms with Gasteiger partial charge in [0.2, 0.25) is 0 Å². The second-order valence-corrected chi connectivity index (χ2v) is 8.83. The molecular weight excluding hydrogens is 448 g/mol. The molecule has 6 nitrogen and oxygen atoms in total. The molecule has 0 unspecified atom stereocenters. The van der Waals surface area contributed by atoms with E-state index in [1.807, 2.05) is 122 Å². The van der Waals surface area contributed by atoms with Gasteiger partial charge in [0, 0.05) is 23.1 Å². The first-order chi connectivity index (χ1) is 17.6. The average Bonchev–Trinajstić information content (AvgIpc) is 2.90. The van der Waals surface area contributed by atoms with Crippen molar-refractivity contribution in [3.05, 3.63) is 121 Å². The number of nitrogens with one attached hydrogen (secondary N) is 2. The van der Waals surface area contributed by atoms with E-state index in [9.17, 15) is 9.59 Å². The van der Waals surface area contributed by atoms with Crippen molar-refractivity contribution in [1.82, 2.24) is 0 Å². The van der Waals surface area contributed by atoms with Gasteiger partial charge in [0.1, 0.15) is 0 Å². The first-order valence-corrected chi connectivity index (χ1v) is 12.1. The van der Waals surface area contributed by atoms with Gasteiger partial charge in [-0.05, 0) is 61.4 Å². The predicted molar refractivity (Wildman–Crippen MR) is 146 cm³/mol. The van der Waals surface area contributed by atoms with Crippen LogP contribution in [-0.4, -0.2) is 18.1 Å². The van der Waals surface area contributed by atoms with E-state index in [4.69, 9.17) is 0 Å². The van der Waals surface area contributed by atoms with Gasteiger partial charge in [-0.15, -0.1) is 0 Å². The fourth-order valence-corrected chi connectivity index (χ4v) is 4.77. The van der Waals surface area contributed by atoms with E-state index < -0.39 is 0 Å². The predicted octanol–water partition coefficient (Wildman–Crippen LogP) is 7.30. The maximum absolute atomic E-state index is 13.7. The SMILES string of the molecule is C[C@@H]1C[C@@H](N(C(=O)Nc2ccccc2)c2ccccc2)c2ccccc2N1C(=O)Nc1ccccc1. The van der Waals surface area contributed by atoms with Crippen LogP contribution >= 0.6 is 0 Å². The number of carbonyl (C=O) groups is 2. The Morgan fingerprint density at radius 2 is 1.25 bits per heavy atom. The van der Waals surface area contributed by atoms with E-state index in [1.54, 1.807) is 9.80 Å². The summed E-state index contributed by atoms with van der Waals surface area (Å²) in [5.41, 5.74) is 3.97. The van der Waals surface area contributed by atoms with Crippen LogP contribution in [0.25, 0.3) is 0 Å². The lowest BCUT2D eigenvalue weighted by atomic mass is 9.90. The second kappa shape index (κ2) is 10.4. The number of para-hydroxylation sites is 4. The number of urea groups is 2. The summed E-state index contributed by atoms with van der Waals surface area (Å²) < 4.78 is 0. The standard InChI is InChI=1S/C30H28N4O2/c1-22-21-28(34(25-17-9-4-10-18-25)30(36)32-24-15-7-3-8-16-24)26-19-11-12-20-27(26)33(22)29(35)31-23-13-5-2-6-14-23/h2-20,22,28H,21H2,1H3,(H,31,35)(H,32,36)/t22-,28-/m1/s1. The molecule has 0 aliphatic carbocycles. The van der Waals surface area contributed by atoms with Crippen LogP contribution in [0.4, 0.5) is 32.3 Å². The number of hydrogen-bond donors (Lipinski definition) is 2. The Morgan fingerprint density at radius 1 is 0.722 bits per heavy atom. The Kier molecular flexibility index (Phi) is 6.67. The first-order valence-electron chi connectivity index (χ1n) is 12.1. The molecule has 2 N–H and O–H groups in total. The van der Waals surface area contributed by atoms with Crippen molar-refractivity contribution in [1.29, 1.82) is 0 Å². The highest BCUT2D eigenvalue weighted by atomic mass is 16.2. The van der Waals surface area contributed by atoms with Crippen LogP contribution < -0.4 is 20.4 Å². The van der Waals surface area contributed by atoms with Gasteiger partial charge in [-0.25, -0.2) is 9.59 Å². The molecule has 0 bridgehead atoms. The summed E-state index contributed by atoms with van der Waals surface area (Å²) >= 11 is 0. The Hall–Kier alpha value is -4.58. The molecular formula is C30H28N4O2. The van der Waals surface area contributed by atoms with Crippen LogP contribution in [0.5, 0.6) is 0 Å². The largest absolute Gasteiger partial charge is 0.326 e. The third kappa shape index (κ3) is 4.79. The zero-order valence-electron chi connectivity index (χ0n) is 20.0. The lowest BCUT2D eigenvalue weighted by molar-refractivity contribution is 0.251. The number of anilines is 4. The molecule has 1 aliphatic heterocycles. The highest BCUT2D eigenvalue weighted by Gasteiger charge is 2.38. The molecule has 6 heteroatoms. The van der Waals surface area contributed by atoms with Crippen molar-refractivity contribution in [3.8, 4) is 0 Å². The third-order valence-corrected chi connectivity index (χ3v) is 6.39. The molecule has 0 saturated heterocycles. The van der Waals surface area contributed by atoms with E-state index in [2.05, 4.69) is 10.6 Å². The van der Waals surface area contributed by atoms with Gasteiger partial charge in [0.25, 0.3) is 0 Å². The number of benzene rings is 4. The van der Waals surface area contributed by atoms with Gasteiger partial charge in [-0.1, -0.05) is 72.8 Å². The molecule has 2 atom stereocenters. The molecule has 1 heterocycles. The van der Waals surface area contributed by atoms with Crippen LogP contribution in [0.2, 0.25) is 0 Å². The Labute approximate surface area is 211 Å². The lowest BCUT2D eigenvalue weighted by Crippen LogP contribution is -2.49. The van der Waals surface area contributed by atoms with E-state index >= 15 is 0 Å². The number of carbonyl (C=O) groups excluding carboxylic acids is 2. The molecule has 1 aliphatic rings. The van der Waals surface area contributed by atoms with E-state index in [1.165, 1.54) is 0 Å². The van der Waals surface area contributed by atoms with Gasteiger partial charge in [0.05, 0.1) is 11.7 Å². The summed E-state index contributed by atoms with van der Waals surface area (Å²) in [5, 5.41) is 6.05. The number of nitrogens with zero attached hydrogens (tertiary/aromatic N) is 2. The number of hydrogen-bond acceptors (Lipinski definition) is 2. The maximum atomic E-state index is 13.7. The zero-order chi connectivity index (χ0) is 24.9. The maximum Gasteiger partial charge on any atom is 0.326 e. The van der Waals surface area contributed by atoms with Crippen molar-refractivity contribution in [2.24, 2.45) is 0 Å². The van der Waals surface area contributed by atoms with Gasteiger partial charge in [0.15, 0.2) is 0 Å². The van der Waals surface area contributed by atoms with Crippen molar-refractivity contribution in [3.63, 3.8) is 0 Å². The zero-order valence-corrected chi connectivity index (χ0v) is 20.0. The Bertz CT molecular complexity index is 1330. The summed E-state index contributed by atoms with van der Waals surface area (Å²) in [6, 6.07) is 35.5. The van der Waals surface area contributed by atoms with Crippen LogP contribution in [0, 0.1) is 0 Å². The van der Waals surface area contributed by atoms with Crippen LogP contribution in [-0.2, 0) is 0 Å². The lowest BCUT2D eigenvalue weighted by Gasteiger charge is -2.43. The molecule has 0 spiro atoms. The van der Waals surface area contributed by atoms with E-state index in [-0.39, 0.29) is 24.1 Å². The monoisotopic (exact) mass is 476 g/mol. The summed E-state index contributed by atoms with van der Waals surface area (Å²) in [4.78, 5) is 30.7. The summed E-state index contributed by atoms with van der Waals surface area (Å²) in [7, 11) is 0. The fourth-order valence-electron chi connectivity index (χ4n) is 4.77. The second-order valence-electron chi connectivity index (χ2n) is 8.83.